The molecule has 1 aromatic carbocycles. The number of hydrogen-bond acceptors (Lipinski definition) is 2. The minimum atomic E-state index is -0.192. The van der Waals surface area contributed by atoms with E-state index in [2.05, 4.69) is 12.2 Å². The Labute approximate surface area is 122 Å². The second kappa shape index (κ2) is 10.8. The van der Waals surface area contributed by atoms with E-state index in [4.69, 9.17) is 4.74 Å². The number of rotatable bonds is 11. The maximum atomic E-state index is 13.8. The Kier molecular flexibility index (Phi) is 9.25. The third-order valence-corrected chi connectivity index (χ3v) is 3.40. The fourth-order valence-electron chi connectivity index (χ4n) is 2.20. The Bertz CT molecular complexity index is 357. The van der Waals surface area contributed by atoms with E-state index in [0.717, 1.165) is 13.0 Å². The first-order valence-electron chi connectivity index (χ1n) is 7.86. The van der Waals surface area contributed by atoms with E-state index in [1.54, 1.807) is 6.07 Å². The number of ether oxygens (including phenoxy) is 1. The van der Waals surface area contributed by atoms with Crippen molar-refractivity contribution in [3.8, 4) is 0 Å². The van der Waals surface area contributed by atoms with Gasteiger partial charge in [0.05, 0.1) is 6.10 Å². The van der Waals surface area contributed by atoms with Gasteiger partial charge in [-0.2, -0.15) is 0 Å². The van der Waals surface area contributed by atoms with Crippen LogP contribution in [0.15, 0.2) is 24.3 Å². The van der Waals surface area contributed by atoms with Crippen LogP contribution in [0.25, 0.3) is 0 Å². The third kappa shape index (κ3) is 6.49. The first-order valence-corrected chi connectivity index (χ1v) is 7.86. The van der Waals surface area contributed by atoms with Gasteiger partial charge in [-0.3, -0.25) is 0 Å². The van der Waals surface area contributed by atoms with Crippen molar-refractivity contribution in [3.05, 3.63) is 35.6 Å². The minimum absolute atomic E-state index is 0.179. The Morgan fingerprint density at radius 3 is 2.55 bits per heavy atom. The minimum Gasteiger partial charge on any atom is -0.372 e. The van der Waals surface area contributed by atoms with E-state index >= 15 is 0 Å². The molecule has 114 valence electrons. The molecule has 0 spiro atoms. The summed E-state index contributed by atoms with van der Waals surface area (Å²) in [5, 5.41) is 3.24. The first kappa shape index (κ1) is 17.1. The van der Waals surface area contributed by atoms with E-state index in [-0.39, 0.29) is 11.9 Å². The Hall–Kier alpha value is -0.930. The number of unbranched alkanes of at least 4 members (excludes halogenated alkanes) is 4. The predicted molar refractivity (Wildman–Crippen MR) is 82.4 cm³/mol. The van der Waals surface area contributed by atoms with Crippen LogP contribution in [0.2, 0.25) is 0 Å². The number of likely N-dealkylation sites (N-methyl/N-ethyl adjacent to an activating group) is 1. The number of hydrogen-bond donors (Lipinski definition) is 1. The zero-order valence-electron chi connectivity index (χ0n) is 12.8. The highest BCUT2D eigenvalue weighted by molar-refractivity contribution is 5.20. The molecule has 1 unspecified atom stereocenters. The quantitative estimate of drug-likeness (QED) is 0.604. The van der Waals surface area contributed by atoms with Gasteiger partial charge in [-0.05, 0) is 19.0 Å². The molecular formula is C17H28FNO. The molecule has 0 fully saturated rings. The molecular weight excluding hydrogens is 253 g/mol. The predicted octanol–water partition coefficient (Wildman–Crippen LogP) is 4.46. The summed E-state index contributed by atoms with van der Waals surface area (Å²) in [5.41, 5.74) is 0.655. The van der Waals surface area contributed by atoms with Crippen LogP contribution in [0.1, 0.15) is 57.6 Å². The highest BCUT2D eigenvalue weighted by Gasteiger charge is 2.15. The fraction of sp³-hybridized carbons (Fsp3) is 0.647. The Balaban J connectivity index is 2.42. The molecule has 0 heterocycles. The van der Waals surface area contributed by atoms with E-state index in [9.17, 15) is 4.39 Å². The van der Waals surface area contributed by atoms with E-state index in [0.29, 0.717) is 18.7 Å². The summed E-state index contributed by atoms with van der Waals surface area (Å²) >= 11 is 0. The van der Waals surface area contributed by atoms with E-state index in [1.165, 1.54) is 31.7 Å². The lowest BCUT2D eigenvalue weighted by atomic mass is 10.1. The molecule has 0 aliphatic carbocycles. The topological polar surface area (TPSA) is 21.3 Å². The smallest absolute Gasteiger partial charge is 0.129 e. The van der Waals surface area contributed by atoms with Crippen molar-refractivity contribution < 1.29 is 9.13 Å². The molecule has 0 aliphatic rings. The van der Waals surface area contributed by atoms with Crippen LogP contribution in [0.5, 0.6) is 0 Å². The van der Waals surface area contributed by atoms with Crippen LogP contribution in [-0.2, 0) is 4.74 Å². The zero-order chi connectivity index (χ0) is 14.6. The van der Waals surface area contributed by atoms with Crippen molar-refractivity contribution in [2.45, 2.75) is 52.1 Å². The van der Waals surface area contributed by atoms with Gasteiger partial charge in [0.25, 0.3) is 0 Å². The molecule has 20 heavy (non-hydrogen) atoms. The highest BCUT2D eigenvalue weighted by atomic mass is 19.1. The summed E-state index contributed by atoms with van der Waals surface area (Å²) in [7, 11) is 0. The van der Waals surface area contributed by atoms with Crippen LogP contribution >= 0.6 is 0 Å². The van der Waals surface area contributed by atoms with Gasteiger partial charge in [-0.1, -0.05) is 57.7 Å². The van der Waals surface area contributed by atoms with Gasteiger partial charge in [0.2, 0.25) is 0 Å². The van der Waals surface area contributed by atoms with Crippen molar-refractivity contribution in [1.82, 2.24) is 5.32 Å². The standard InChI is InChI=1S/C17H28FNO/c1-3-5-6-7-10-13-20-17(14-19-4-2)15-11-8-9-12-16(15)18/h8-9,11-12,17,19H,3-7,10,13-14H2,1-2H3. The normalized spacial score (nSPS) is 12.6. The van der Waals surface area contributed by atoms with Crippen LogP contribution < -0.4 is 5.32 Å². The average molecular weight is 281 g/mol. The molecule has 0 saturated heterocycles. The summed E-state index contributed by atoms with van der Waals surface area (Å²) in [6.07, 6.45) is 5.85. The largest absolute Gasteiger partial charge is 0.372 e. The maximum Gasteiger partial charge on any atom is 0.129 e. The summed E-state index contributed by atoms with van der Waals surface area (Å²) in [5.74, 6) is -0.179. The molecule has 1 rings (SSSR count). The van der Waals surface area contributed by atoms with Crippen LogP contribution in [0, 0.1) is 5.82 Å². The van der Waals surface area contributed by atoms with Crippen LogP contribution in [0.3, 0.4) is 0 Å². The molecule has 0 aliphatic heterocycles. The summed E-state index contributed by atoms with van der Waals surface area (Å²) in [6, 6.07) is 6.89. The van der Waals surface area contributed by atoms with E-state index in [1.807, 2.05) is 19.1 Å². The molecule has 0 bridgehead atoms. The molecule has 1 N–H and O–H groups in total. The lowest BCUT2D eigenvalue weighted by Gasteiger charge is -2.19. The molecule has 0 radical (unpaired) electrons. The molecule has 0 aromatic heterocycles. The van der Waals surface area contributed by atoms with Crippen molar-refractivity contribution in [2.24, 2.45) is 0 Å². The summed E-state index contributed by atoms with van der Waals surface area (Å²) in [4.78, 5) is 0. The zero-order valence-corrected chi connectivity index (χ0v) is 12.8. The van der Waals surface area contributed by atoms with Gasteiger partial charge in [0, 0.05) is 18.7 Å². The maximum absolute atomic E-state index is 13.8. The SMILES string of the molecule is CCCCCCCOC(CNCC)c1ccccc1F. The van der Waals surface area contributed by atoms with Crippen LogP contribution in [0.4, 0.5) is 4.39 Å². The van der Waals surface area contributed by atoms with Crippen molar-refractivity contribution >= 4 is 0 Å². The second-order valence-corrected chi connectivity index (χ2v) is 5.10. The lowest BCUT2D eigenvalue weighted by molar-refractivity contribution is 0.0478. The Morgan fingerprint density at radius 2 is 1.85 bits per heavy atom. The van der Waals surface area contributed by atoms with E-state index < -0.39 is 0 Å². The molecule has 1 aromatic rings. The highest BCUT2D eigenvalue weighted by Crippen LogP contribution is 2.20. The Morgan fingerprint density at radius 1 is 1.10 bits per heavy atom. The first-order chi connectivity index (χ1) is 9.79. The third-order valence-electron chi connectivity index (χ3n) is 3.40. The van der Waals surface area contributed by atoms with Crippen LogP contribution in [-0.4, -0.2) is 19.7 Å². The second-order valence-electron chi connectivity index (χ2n) is 5.10. The monoisotopic (exact) mass is 281 g/mol. The molecule has 0 saturated carbocycles. The fourth-order valence-corrected chi connectivity index (χ4v) is 2.20. The van der Waals surface area contributed by atoms with Gasteiger partial charge < -0.3 is 10.1 Å². The van der Waals surface area contributed by atoms with Gasteiger partial charge >= 0.3 is 0 Å². The number of halogens is 1. The molecule has 0 amide bonds. The van der Waals surface area contributed by atoms with Gasteiger partial charge in [-0.15, -0.1) is 0 Å². The molecule has 3 heteroatoms. The molecule has 2 nitrogen and oxygen atoms in total. The van der Waals surface area contributed by atoms with Gasteiger partial charge in [0.15, 0.2) is 0 Å². The lowest BCUT2D eigenvalue weighted by Crippen LogP contribution is -2.24. The number of nitrogens with one attached hydrogen (secondary N) is 1. The summed E-state index contributed by atoms with van der Waals surface area (Å²) in [6.45, 7) is 6.48. The summed E-state index contributed by atoms with van der Waals surface area (Å²) < 4.78 is 19.7. The van der Waals surface area contributed by atoms with Crippen molar-refractivity contribution in [1.29, 1.82) is 0 Å². The van der Waals surface area contributed by atoms with Gasteiger partial charge in [0.1, 0.15) is 5.82 Å². The average Bonchev–Trinajstić information content (AvgIpc) is 2.47. The van der Waals surface area contributed by atoms with Crippen molar-refractivity contribution in [2.75, 3.05) is 19.7 Å². The van der Waals surface area contributed by atoms with Gasteiger partial charge in [-0.25, -0.2) is 4.39 Å². The van der Waals surface area contributed by atoms with Crippen molar-refractivity contribution in [3.63, 3.8) is 0 Å². The molecule has 1 atom stereocenters. The number of benzene rings is 1.